The first-order valence-corrected chi connectivity index (χ1v) is 7.01. The van der Waals surface area contributed by atoms with Gasteiger partial charge in [-0.05, 0) is 30.4 Å². The summed E-state index contributed by atoms with van der Waals surface area (Å²) < 4.78 is 0. The molecule has 3 nitrogen and oxygen atoms in total. The quantitative estimate of drug-likeness (QED) is 0.898. The molecule has 0 saturated carbocycles. The van der Waals surface area contributed by atoms with Crippen LogP contribution in [0.1, 0.15) is 29.9 Å². The maximum atomic E-state index is 12.3. The van der Waals surface area contributed by atoms with Gasteiger partial charge in [-0.1, -0.05) is 24.3 Å². The maximum Gasteiger partial charge on any atom is 0.233 e. The van der Waals surface area contributed by atoms with E-state index in [0.29, 0.717) is 5.13 Å². The zero-order valence-electron chi connectivity index (χ0n) is 9.93. The molecule has 0 saturated heterocycles. The van der Waals surface area contributed by atoms with Crippen LogP contribution in [0.4, 0.5) is 5.13 Å². The fourth-order valence-corrected chi connectivity index (χ4v) is 3.04. The van der Waals surface area contributed by atoms with Crippen molar-refractivity contribution in [2.45, 2.75) is 25.2 Å². The third-order valence-corrected chi connectivity index (χ3v) is 4.04. The van der Waals surface area contributed by atoms with Gasteiger partial charge >= 0.3 is 0 Å². The van der Waals surface area contributed by atoms with Crippen LogP contribution in [0.5, 0.6) is 0 Å². The van der Waals surface area contributed by atoms with Gasteiger partial charge in [0.25, 0.3) is 0 Å². The van der Waals surface area contributed by atoms with Crippen molar-refractivity contribution < 1.29 is 4.79 Å². The Labute approximate surface area is 110 Å². The highest BCUT2D eigenvalue weighted by molar-refractivity contribution is 7.13. The van der Waals surface area contributed by atoms with E-state index in [-0.39, 0.29) is 11.8 Å². The molecule has 18 heavy (non-hydrogen) atoms. The molecule has 1 aliphatic carbocycles. The van der Waals surface area contributed by atoms with Crippen molar-refractivity contribution in [2.24, 2.45) is 0 Å². The summed E-state index contributed by atoms with van der Waals surface area (Å²) in [4.78, 5) is 16.4. The van der Waals surface area contributed by atoms with Crippen LogP contribution in [0.25, 0.3) is 0 Å². The van der Waals surface area contributed by atoms with Crippen LogP contribution in [0.3, 0.4) is 0 Å². The molecule has 0 fully saturated rings. The molecule has 1 N–H and O–H groups in total. The summed E-state index contributed by atoms with van der Waals surface area (Å²) in [5.41, 5.74) is 2.49. The van der Waals surface area contributed by atoms with Crippen molar-refractivity contribution in [1.29, 1.82) is 0 Å². The highest BCUT2D eigenvalue weighted by atomic mass is 32.1. The number of anilines is 1. The summed E-state index contributed by atoms with van der Waals surface area (Å²) in [6, 6.07) is 8.24. The van der Waals surface area contributed by atoms with Crippen LogP contribution in [0.15, 0.2) is 35.8 Å². The van der Waals surface area contributed by atoms with Crippen molar-refractivity contribution in [1.82, 2.24) is 4.98 Å². The number of fused-ring (bicyclic) bond motifs is 1. The standard InChI is InChI=1S/C14H14N2OS/c17-13(16-14-15-8-9-18-14)12-7-3-5-10-4-1-2-6-11(10)12/h1-2,4,6,8-9,12H,3,5,7H2,(H,15,16,17). The van der Waals surface area contributed by atoms with E-state index in [4.69, 9.17) is 0 Å². The van der Waals surface area contributed by atoms with Crippen LogP contribution >= 0.6 is 11.3 Å². The monoisotopic (exact) mass is 258 g/mol. The van der Waals surface area contributed by atoms with Gasteiger partial charge in [-0.15, -0.1) is 11.3 Å². The van der Waals surface area contributed by atoms with E-state index >= 15 is 0 Å². The van der Waals surface area contributed by atoms with Crippen molar-refractivity contribution >= 4 is 22.4 Å². The van der Waals surface area contributed by atoms with E-state index in [1.165, 1.54) is 22.5 Å². The molecule has 0 spiro atoms. The number of thiazole rings is 1. The Kier molecular flexibility index (Phi) is 3.11. The fraction of sp³-hybridized carbons (Fsp3) is 0.286. The number of nitrogens with zero attached hydrogens (tertiary/aromatic N) is 1. The first kappa shape index (κ1) is 11.4. The Hall–Kier alpha value is -1.68. The number of hydrogen-bond donors (Lipinski definition) is 1. The summed E-state index contributed by atoms with van der Waals surface area (Å²) in [6.45, 7) is 0. The topological polar surface area (TPSA) is 42.0 Å². The molecule has 4 heteroatoms. The molecule has 0 bridgehead atoms. The summed E-state index contributed by atoms with van der Waals surface area (Å²) in [5.74, 6) is 0.0379. The first-order chi connectivity index (χ1) is 8.84. The molecule has 1 heterocycles. The number of benzene rings is 1. The van der Waals surface area contributed by atoms with Gasteiger partial charge in [-0.3, -0.25) is 4.79 Å². The van der Waals surface area contributed by atoms with Crippen LogP contribution in [-0.4, -0.2) is 10.9 Å². The second kappa shape index (κ2) is 4.90. The lowest BCUT2D eigenvalue weighted by atomic mass is 9.82. The lowest BCUT2D eigenvalue weighted by molar-refractivity contribution is -0.117. The van der Waals surface area contributed by atoms with Gasteiger partial charge in [0, 0.05) is 11.6 Å². The van der Waals surface area contributed by atoms with Gasteiger partial charge in [-0.2, -0.15) is 0 Å². The Morgan fingerprint density at radius 1 is 1.39 bits per heavy atom. The van der Waals surface area contributed by atoms with Crippen molar-refractivity contribution in [3.8, 4) is 0 Å². The molecule has 2 aromatic rings. The number of nitrogens with one attached hydrogen (secondary N) is 1. The van der Waals surface area contributed by atoms with E-state index < -0.39 is 0 Å². The molecule has 0 aliphatic heterocycles. The molecule has 1 unspecified atom stereocenters. The van der Waals surface area contributed by atoms with Crippen molar-refractivity contribution in [2.75, 3.05) is 5.32 Å². The molecular formula is C14H14N2OS. The second-order valence-corrected chi connectivity index (χ2v) is 5.36. The summed E-state index contributed by atoms with van der Waals surface area (Å²) in [7, 11) is 0. The highest BCUT2D eigenvalue weighted by Crippen LogP contribution is 2.32. The van der Waals surface area contributed by atoms with Gasteiger partial charge in [0.1, 0.15) is 0 Å². The number of aromatic nitrogens is 1. The Bertz CT molecular complexity index is 551. The predicted octanol–water partition coefficient (Wildman–Crippen LogP) is 3.20. The molecule has 1 aromatic heterocycles. The molecule has 0 radical (unpaired) electrons. The zero-order valence-corrected chi connectivity index (χ0v) is 10.7. The van der Waals surface area contributed by atoms with Gasteiger partial charge in [0.15, 0.2) is 5.13 Å². The zero-order chi connectivity index (χ0) is 12.4. The molecule has 1 atom stereocenters. The van der Waals surface area contributed by atoms with Crippen LogP contribution in [0, 0.1) is 0 Å². The first-order valence-electron chi connectivity index (χ1n) is 6.13. The van der Waals surface area contributed by atoms with E-state index in [9.17, 15) is 4.79 Å². The van der Waals surface area contributed by atoms with E-state index in [2.05, 4.69) is 22.4 Å². The van der Waals surface area contributed by atoms with Crippen LogP contribution in [-0.2, 0) is 11.2 Å². The number of hydrogen-bond acceptors (Lipinski definition) is 3. The molecule has 1 aliphatic rings. The molecule has 1 amide bonds. The highest BCUT2D eigenvalue weighted by Gasteiger charge is 2.26. The van der Waals surface area contributed by atoms with Crippen molar-refractivity contribution in [3.05, 3.63) is 47.0 Å². The van der Waals surface area contributed by atoms with Crippen LogP contribution < -0.4 is 5.32 Å². The number of carbonyl (C=O) groups is 1. The lowest BCUT2D eigenvalue weighted by Crippen LogP contribution is -2.24. The van der Waals surface area contributed by atoms with Gasteiger partial charge in [0.05, 0.1) is 5.92 Å². The smallest absolute Gasteiger partial charge is 0.233 e. The maximum absolute atomic E-state index is 12.3. The number of carbonyl (C=O) groups excluding carboxylic acids is 1. The minimum Gasteiger partial charge on any atom is -0.301 e. The Morgan fingerprint density at radius 3 is 3.11 bits per heavy atom. The third-order valence-electron chi connectivity index (χ3n) is 3.35. The number of aryl methyl sites for hydroxylation is 1. The predicted molar refractivity (Wildman–Crippen MR) is 72.9 cm³/mol. The minimum atomic E-state index is -0.0288. The lowest BCUT2D eigenvalue weighted by Gasteiger charge is -2.24. The van der Waals surface area contributed by atoms with Crippen LogP contribution in [0.2, 0.25) is 0 Å². The normalized spacial score (nSPS) is 18.1. The number of amides is 1. The average molecular weight is 258 g/mol. The van der Waals surface area contributed by atoms with Gasteiger partial charge in [0.2, 0.25) is 5.91 Å². The Morgan fingerprint density at radius 2 is 2.28 bits per heavy atom. The third kappa shape index (κ3) is 2.16. The summed E-state index contributed by atoms with van der Waals surface area (Å²) >= 11 is 1.45. The number of rotatable bonds is 2. The van der Waals surface area contributed by atoms with Crippen molar-refractivity contribution in [3.63, 3.8) is 0 Å². The summed E-state index contributed by atoms with van der Waals surface area (Å²) in [5, 5.41) is 5.45. The molecule has 3 rings (SSSR count). The second-order valence-electron chi connectivity index (χ2n) is 4.47. The summed E-state index contributed by atoms with van der Waals surface area (Å²) in [6.07, 6.45) is 4.79. The van der Waals surface area contributed by atoms with Gasteiger partial charge < -0.3 is 5.32 Å². The Balaban J connectivity index is 1.83. The largest absolute Gasteiger partial charge is 0.301 e. The minimum absolute atomic E-state index is 0.0288. The molecular weight excluding hydrogens is 244 g/mol. The van der Waals surface area contributed by atoms with Gasteiger partial charge in [-0.25, -0.2) is 4.98 Å². The SMILES string of the molecule is O=C(Nc1nccs1)C1CCCc2ccccc21. The van der Waals surface area contributed by atoms with E-state index in [1.54, 1.807) is 6.20 Å². The fourth-order valence-electron chi connectivity index (χ4n) is 2.50. The van der Waals surface area contributed by atoms with E-state index in [1.807, 2.05) is 17.5 Å². The molecule has 1 aromatic carbocycles. The van der Waals surface area contributed by atoms with E-state index in [0.717, 1.165) is 19.3 Å². The molecule has 92 valence electrons. The average Bonchev–Trinajstić information content (AvgIpc) is 2.91.